The van der Waals surface area contributed by atoms with Crippen molar-refractivity contribution in [2.24, 2.45) is 0 Å². The molecule has 3 nitrogen and oxygen atoms in total. The van der Waals surface area contributed by atoms with Crippen molar-refractivity contribution >= 4 is 11.0 Å². The fourth-order valence-electron chi connectivity index (χ4n) is 1.95. The molecule has 2 aromatic rings. The molecule has 2 rings (SSSR count). The third-order valence-corrected chi connectivity index (χ3v) is 2.88. The van der Waals surface area contributed by atoms with Crippen LogP contribution in [0.5, 0.6) is 0 Å². The number of hydrogen-bond acceptors (Lipinski definition) is 3. The number of rotatable bonds is 6. The van der Waals surface area contributed by atoms with Gasteiger partial charge in [0.1, 0.15) is 18.0 Å². The minimum absolute atomic E-state index is 0.213. The molecular formula is C15H21NO2. The summed E-state index contributed by atoms with van der Waals surface area (Å²) in [4.78, 5) is 0. The topological polar surface area (TPSA) is 34.4 Å². The van der Waals surface area contributed by atoms with Crippen molar-refractivity contribution in [2.75, 3.05) is 6.54 Å². The van der Waals surface area contributed by atoms with Gasteiger partial charge in [-0.2, -0.15) is 0 Å². The summed E-state index contributed by atoms with van der Waals surface area (Å²) < 4.78 is 11.5. The van der Waals surface area contributed by atoms with Gasteiger partial charge in [-0.05, 0) is 26.5 Å². The normalized spacial score (nSPS) is 11.6. The lowest BCUT2D eigenvalue weighted by Crippen LogP contribution is -2.13. The highest BCUT2D eigenvalue weighted by atomic mass is 16.5. The lowest BCUT2D eigenvalue weighted by Gasteiger charge is -2.07. The van der Waals surface area contributed by atoms with Crippen LogP contribution in [-0.2, 0) is 17.9 Å². The zero-order chi connectivity index (χ0) is 13.0. The molecule has 98 valence electrons. The van der Waals surface area contributed by atoms with Gasteiger partial charge >= 0.3 is 0 Å². The molecule has 0 atom stereocenters. The molecular weight excluding hydrogens is 226 g/mol. The third kappa shape index (κ3) is 2.92. The zero-order valence-corrected chi connectivity index (χ0v) is 11.3. The van der Waals surface area contributed by atoms with Crippen molar-refractivity contribution in [1.82, 2.24) is 5.32 Å². The van der Waals surface area contributed by atoms with E-state index in [4.69, 9.17) is 9.15 Å². The third-order valence-electron chi connectivity index (χ3n) is 2.88. The maximum Gasteiger partial charge on any atom is 0.135 e. The summed E-state index contributed by atoms with van der Waals surface area (Å²) in [7, 11) is 0. The number of hydrogen-bond donors (Lipinski definition) is 1. The van der Waals surface area contributed by atoms with Gasteiger partial charge in [-0.25, -0.2) is 0 Å². The smallest absolute Gasteiger partial charge is 0.135 e. The number of nitrogens with one attached hydrogen (secondary N) is 1. The first-order valence-corrected chi connectivity index (χ1v) is 6.54. The van der Waals surface area contributed by atoms with Crippen LogP contribution in [0.25, 0.3) is 11.0 Å². The average Bonchev–Trinajstić information content (AvgIpc) is 2.71. The van der Waals surface area contributed by atoms with Crippen molar-refractivity contribution in [1.29, 1.82) is 0 Å². The first-order chi connectivity index (χ1) is 8.72. The zero-order valence-electron chi connectivity index (χ0n) is 11.3. The largest absolute Gasteiger partial charge is 0.458 e. The summed E-state index contributed by atoms with van der Waals surface area (Å²) in [5, 5.41) is 4.54. The molecule has 0 unspecified atom stereocenters. The first-order valence-electron chi connectivity index (χ1n) is 6.54. The van der Waals surface area contributed by atoms with E-state index in [9.17, 15) is 0 Å². The number of ether oxygens (including phenoxy) is 1. The highest BCUT2D eigenvalue weighted by Crippen LogP contribution is 2.26. The van der Waals surface area contributed by atoms with E-state index in [2.05, 4.69) is 18.3 Å². The molecule has 0 spiro atoms. The van der Waals surface area contributed by atoms with E-state index >= 15 is 0 Å². The van der Waals surface area contributed by atoms with Crippen LogP contribution in [0.1, 0.15) is 32.1 Å². The minimum atomic E-state index is 0.213. The molecule has 0 aliphatic heterocycles. The Morgan fingerprint density at radius 1 is 1.28 bits per heavy atom. The van der Waals surface area contributed by atoms with Crippen molar-refractivity contribution in [2.45, 2.75) is 40.0 Å². The molecule has 0 amide bonds. The van der Waals surface area contributed by atoms with Crippen molar-refractivity contribution < 1.29 is 9.15 Å². The van der Waals surface area contributed by atoms with Gasteiger partial charge in [0.05, 0.1) is 6.10 Å². The van der Waals surface area contributed by atoms with Gasteiger partial charge in [0.25, 0.3) is 0 Å². The number of furan rings is 1. The van der Waals surface area contributed by atoms with Crippen LogP contribution >= 0.6 is 0 Å². The maximum absolute atomic E-state index is 5.88. The van der Waals surface area contributed by atoms with Crippen LogP contribution in [-0.4, -0.2) is 12.6 Å². The number of fused-ring (bicyclic) bond motifs is 1. The van der Waals surface area contributed by atoms with E-state index < -0.39 is 0 Å². The molecule has 1 aromatic heterocycles. The Hall–Kier alpha value is -1.32. The van der Waals surface area contributed by atoms with Crippen LogP contribution in [0.15, 0.2) is 28.7 Å². The molecule has 0 saturated heterocycles. The number of benzene rings is 1. The van der Waals surface area contributed by atoms with E-state index in [1.165, 1.54) is 10.9 Å². The lowest BCUT2D eigenvalue weighted by molar-refractivity contribution is 0.0547. The molecule has 0 radical (unpaired) electrons. The van der Waals surface area contributed by atoms with E-state index in [0.717, 1.165) is 24.4 Å². The number of para-hydroxylation sites is 1. The minimum Gasteiger partial charge on any atom is -0.458 e. The fourth-order valence-corrected chi connectivity index (χ4v) is 1.95. The van der Waals surface area contributed by atoms with Gasteiger partial charge in [0, 0.05) is 17.5 Å². The highest BCUT2D eigenvalue weighted by molar-refractivity contribution is 5.82. The first kappa shape index (κ1) is 13.1. The fraction of sp³-hybridized carbons (Fsp3) is 0.467. The van der Waals surface area contributed by atoms with E-state index in [1.807, 2.05) is 32.0 Å². The highest BCUT2D eigenvalue weighted by Gasteiger charge is 2.13. The quantitative estimate of drug-likeness (QED) is 0.848. The summed E-state index contributed by atoms with van der Waals surface area (Å²) in [6.45, 7) is 8.48. The predicted molar refractivity (Wildman–Crippen MR) is 73.5 cm³/mol. The Balaban J connectivity index is 2.30. The second-order valence-electron chi connectivity index (χ2n) is 4.64. The second-order valence-corrected chi connectivity index (χ2v) is 4.64. The van der Waals surface area contributed by atoms with Gasteiger partial charge in [-0.3, -0.25) is 0 Å². The molecule has 0 fully saturated rings. The van der Waals surface area contributed by atoms with Crippen molar-refractivity contribution in [3.63, 3.8) is 0 Å². The molecule has 1 N–H and O–H groups in total. The molecule has 3 heteroatoms. The van der Waals surface area contributed by atoms with Crippen LogP contribution in [0.3, 0.4) is 0 Å². The van der Waals surface area contributed by atoms with Crippen LogP contribution in [0.4, 0.5) is 0 Å². The van der Waals surface area contributed by atoms with Crippen molar-refractivity contribution in [3.05, 3.63) is 35.6 Å². The Kier molecular flexibility index (Phi) is 4.39. The standard InChI is InChI=1S/C15H21NO2/c1-4-16-9-13-12-7-5-6-8-14(12)18-15(13)10-17-11(2)3/h5-8,11,16H,4,9-10H2,1-3H3. The molecule has 0 aliphatic rings. The molecule has 18 heavy (non-hydrogen) atoms. The molecule has 1 aromatic carbocycles. The Labute approximate surface area is 108 Å². The Morgan fingerprint density at radius 3 is 2.78 bits per heavy atom. The van der Waals surface area contributed by atoms with E-state index in [-0.39, 0.29) is 6.10 Å². The molecule has 0 aliphatic carbocycles. The van der Waals surface area contributed by atoms with E-state index in [0.29, 0.717) is 6.61 Å². The van der Waals surface area contributed by atoms with Gasteiger partial charge in [0.15, 0.2) is 0 Å². The summed E-state index contributed by atoms with van der Waals surface area (Å²) in [6, 6.07) is 8.14. The summed E-state index contributed by atoms with van der Waals surface area (Å²) in [5.74, 6) is 0.936. The van der Waals surface area contributed by atoms with Crippen molar-refractivity contribution in [3.8, 4) is 0 Å². The molecule has 0 bridgehead atoms. The van der Waals surface area contributed by atoms with Crippen LogP contribution in [0.2, 0.25) is 0 Å². The van der Waals surface area contributed by atoms with Gasteiger partial charge in [0.2, 0.25) is 0 Å². The van der Waals surface area contributed by atoms with Gasteiger partial charge < -0.3 is 14.5 Å². The second kappa shape index (κ2) is 6.03. The average molecular weight is 247 g/mol. The van der Waals surface area contributed by atoms with E-state index in [1.54, 1.807) is 0 Å². The summed E-state index contributed by atoms with van der Waals surface area (Å²) >= 11 is 0. The lowest BCUT2D eigenvalue weighted by atomic mass is 10.1. The van der Waals surface area contributed by atoms with Crippen LogP contribution in [0, 0.1) is 0 Å². The van der Waals surface area contributed by atoms with Gasteiger partial charge in [-0.15, -0.1) is 0 Å². The molecule has 1 heterocycles. The Bertz CT molecular complexity index is 502. The SMILES string of the molecule is CCNCc1c(COC(C)C)oc2ccccc12. The maximum atomic E-state index is 5.88. The van der Waals surface area contributed by atoms with Crippen LogP contribution < -0.4 is 5.32 Å². The Morgan fingerprint density at radius 2 is 2.06 bits per heavy atom. The summed E-state index contributed by atoms with van der Waals surface area (Å²) in [6.07, 6.45) is 0.213. The summed E-state index contributed by atoms with van der Waals surface area (Å²) in [5.41, 5.74) is 2.15. The predicted octanol–water partition coefficient (Wildman–Crippen LogP) is 3.47. The van der Waals surface area contributed by atoms with Gasteiger partial charge in [-0.1, -0.05) is 25.1 Å². The monoisotopic (exact) mass is 247 g/mol. The molecule has 0 saturated carbocycles.